The maximum Gasteiger partial charge on any atom is 0.360 e. The number of nitrogens with zero attached hydrogens (tertiary/aromatic N) is 4. The number of likely N-dealkylation sites (N-methyl/N-ethyl adjacent to an activating group) is 1. The minimum absolute atomic E-state index is 0.0298. The Labute approximate surface area is 194 Å². The molecule has 1 aliphatic heterocycles. The van der Waals surface area contributed by atoms with Crippen molar-refractivity contribution >= 4 is 40.5 Å². The first-order valence-electron chi connectivity index (χ1n) is 10.1. The van der Waals surface area contributed by atoms with E-state index in [1.54, 1.807) is 23.1 Å². The van der Waals surface area contributed by atoms with Gasteiger partial charge in [0, 0.05) is 24.5 Å². The molecule has 0 radical (unpaired) electrons. The molecule has 1 N–H and O–H groups in total. The molecular weight excluding hydrogens is 449 g/mol. The number of carbonyl (C=O) groups is 2. The van der Waals surface area contributed by atoms with Crippen LogP contribution in [0.3, 0.4) is 0 Å². The summed E-state index contributed by atoms with van der Waals surface area (Å²) < 4.78 is 19.2. The highest BCUT2D eigenvalue weighted by molar-refractivity contribution is 6.33. The normalized spacial score (nSPS) is 14.3. The largest absolute Gasteiger partial charge is 0.464 e. The molecule has 0 atom stereocenters. The lowest BCUT2D eigenvalue weighted by Crippen LogP contribution is -2.48. The van der Waals surface area contributed by atoms with Gasteiger partial charge in [-0.3, -0.25) is 9.69 Å². The van der Waals surface area contributed by atoms with E-state index in [1.807, 2.05) is 24.1 Å². The van der Waals surface area contributed by atoms with Crippen LogP contribution in [0.15, 0.2) is 48.5 Å². The minimum atomic E-state index is -0.698. The third-order valence-corrected chi connectivity index (χ3v) is 5.58. The van der Waals surface area contributed by atoms with E-state index >= 15 is 0 Å². The van der Waals surface area contributed by atoms with Crippen molar-refractivity contribution in [3.8, 4) is 11.3 Å². The number of esters is 1. The van der Waals surface area contributed by atoms with Crippen molar-refractivity contribution in [2.24, 2.45) is 0 Å². The number of ether oxygens (including phenoxy) is 1. The van der Waals surface area contributed by atoms with Crippen molar-refractivity contribution in [3.05, 3.63) is 65.1 Å². The van der Waals surface area contributed by atoms with Crippen LogP contribution in [0.4, 0.5) is 21.5 Å². The van der Waals surface area contributed by atoms with Gasteiger partial charge in [-0.05, 0) is 49.5 Å². The first-order valence-corrected chi connectivity index (χ1v) is 10.5. The second kappa shape index (κ2) is 9.51. The van der Waals surface area contributed by atoms with Crippen molar-refractivity contribution in [3.63, 3.8) is 0 Å². The maximum atomic E-state index is 14.4. The number of piperazine rings is 1. The average Bonchev–Trinajstić information content (AvgIpc) is 2.79. The van der Waals surface area contributed by atoms with E-state index in [0.29, 0.717) is 18.8 Å². The average molecular weight is 470 g/mol. The molecule has 10 heteroatoms. The zero-order valence-corrected chi connectivity index (χ0v) is 18.8. The van der Waals surface area contributed by atoms with E-state index < -0.39 is 11.8 Å². The van der Waals surface area contributed by atoms with Crippen molar-refractivity contribution in [1.82, 2.24) is 15.1 Å². The van der Waals surface area contributed by atoms with E-state index in [0.717, 1.165) is 12.2 Å². The van der Waals surface area contributed by atoms with Gasteiger partial charge in [0.2, 0.25) is 5.91 Å². The number of aromatic nitrogens is 2. The Hall–Kier alpha value is -3.56. The van der Waals surface area contributed by atoms with Crippen molar-refractivity contribution < 1.29 is 18.7 Å². The van der Waals surface area contributed by atoms with Gasteiger partial charge in [-0.15, -0.1) is 10.2 Å². The van der Waals surface area contributed by atoms with Gasteiger partial charge in [-0.1, -0.05) is 17.7 Å². The second-order valence-electron chi connectivity index (χ2n) is 7.54. The number of halogens is 2. The fraction of sp³-hybridized carbons (Fsp3) is 0.217. The van der Waals surface area contributed by atoms with E-state index in [2.05, 4.69) is 15.5 Å². The lowest BCUT2D eigenvalue weighted by Gasteiger charge is -2.32. The van der Waals surface area contributed by atoms with Gasteiger partial charge in [-0.25, -0.2) is 9.18 Å². The standard InChI is InChI=1S/C23H21ClFN5O3/c1-29-10-11-30(20(31)13-29)15-8-6-14(7-9-15)26-19-12-18(27-28-22(19)23(32)33-2)21-16(24)4-3-5-17(21)25/h3-9,12H,10-11,13H2,1-2H3,(H,26,27). The molecular formula is C23H21ClFN5O3. The zero-order chi connectivity index (χ0) is 23.5. The third kappa shape index (κ3) is 4.79. The molecule has 0 aliphatic carbocycles. The SMILES string of the molecule is COC(=O)c1nnc(-c2c(F)cccc2Cl)cc1Nc1ccc(N2CCN(C)CC2=O)cc1. The summed E-state index contributed by atoms with van der Waals surface area (Å²) in [6, 6.07) is 13.0. The summed E-state index contributed by atoms with van der Waals surface area (Å²) >= 11 is 6.16. The number of nitrogens with one attached hydrogen (secondary N) is 1. The number of anilines is 3. The molecule has 33 heavy (non-hydrogen) atoms. The molecule has 0 unspecified atom stereocenters. The van der Waals surface area contributed by atoms with Crippen LogP contribution >= 0.6 is 11.6 Å². The monoisotopic (exact) mass is 469 g/mol. The molecule has 8 nitrogen and oxygen atoms in total. The van der Waals surface area contributed by atoms with Gasteiger partial charge in [0.1, 0.15) is 5.82 Å². The highest BCUT2D eigenvalue weighted by Gasteiger charge is 2.23. The van der Waals surface area contributed by atoms with Crippen LogP contribution in [0.1, 0.15) is 10.5 Å². The number of methoxy groups -OCH3 is 1. The number of rotatable bonds is 5. The number of amides is 1. The van der Waals surface area contributed by atoms with E-state index in [1.165, 1.54) is 25.3 Å². The first-order chi connectivity index (χ1) is 15.9. The van der Waals surface area contributed by atoms with Crippen LogP contribution in [0.25, 0.3) is 11.3 Å². The molecule has 1 aromatic heterocycles. The van der Waals surface area contributed by atoms with Gasteiger partial charge < -0.3 is 15.0 Å². The second-order valence-corrected chi connectivity index (χ2v) is 7.94. The third-order valence-electron chi connectivity index (χ3n) is 5.26. The van der Waals surface area contributed by atoms with Gasteiger partial charge in [0.05, 0.1) is 35.6 Å². The fourth-order valence-corrected chi connectivity index (χ4v) is 3.80. The van der Waals surface area contributed by atoms with E-state index in [9.17, 15) is 14.0 Å². The number of benzene rings is 2. The summed E-state index contributed by atoms with van der Waals surface area (Å²) in [4.78, 5) is 28.2. The predicted octanol–water partition coefficient (Wildman–Crippen LogP) is 3.74. The van der Waals surface area contributed by atoms with Crippen LogP contribution in [-0.4, -0.2) is 60.8 Å². The molecule has 170 valence electrons. The van der Waals surface area contributed by atoms with E-state index in [4.69, 9.17) is 16.3 Å². The molecule has 2 aromatic carbocycles. The van der Waals surface area contributed by atoms with Crippen LogP contribution in [0, 0.1) is 5.82 Å². The predicted molar refractivity (Wildman–Crippen MR) is 123 cm³/mol. The summed E-state index contributed by atoms with van der Waals surface area (Å²) in [7, 11) is 3.14. The molecule has 3 aromatic rings. The molecule has 1 fully saturated rings. The van der Waals surface area contributed by atoms with Crippen molar-refractivity contribution in [2.45, 2.75) is 0 Å². The highest BCUT2D eigenvalue weighted by Crippen LogP contribution is 2.32. The molecule has 1 amide bonds. The molecule has 0 bridgehead atoms. The van der Waals surface area contributed by atoms with Crippen molar-refractivity contribution in [1.29, 1.82) is 0 Å². The van der Waals surface area contributed by atoms with Crippen LogP contribution in [0.2, 0.25) is 5.02 Å². The molecule has 1 saturated heterocycles. The van der Waals surface area contributed by atoms with Crippen LogP contribution < -0.4 is 10.2 Å². The van der Waals surface area contributed by atoms with Gasteiger partial charge in [0.15, 0.2) is 5.69 Å². The molecule has 2 heterocycles. The van der Waals surface area contributed by atoms with Crippen molar-refractivity contribution in [2.75, 3.05) is 44.0 Å². The van der Waals surface area contributed by atoms with Gasteiger partial charge in [-0.2, -0.15) is 0 Å². The molecule has 0 spiro atoms. The summed E-state index contributed by atoms with van der Waals surface area (Å²) in [6.07, 6.45) is 0. The summed E-state index contributed by atoms with van der Waals surface area (Å²) in [5.74, 6) is -1.23. The summed E-state index contributed by atoms with van der Waals surface area (Å²) in [5.41, 5.74) is 1.85. The first kappa shape index (κ1) is 22.6. The quantitative estimate of drug-likeness (QED) is 0.569. The molecule has 1 aliphatic rings. The number of carbonyl (C=O) groups excluding carboxylic acids is 2. The van der Waals surface area contributed by atoms with Crippen LogP contribution in [0.5, 0.6) is 0 Å². The lowest BCUT2D eigenvalue weighted by atomic mass is 10.1. The number of hydrogen-bond acceptors (Lipinski definition) is 7. The zero-order valence-electron chi connectivity index (χ0n) is 18.0. The molecule has 0 saturated carbocycles. The van der Waals surface area contributed by atoms with E-state index in [-0.39, 0.29) is 33.6 Å². The Kier molecular flexibility index (Phi) is 6.52. The van der Waals surface area contributed by atoms with Gasteiger partial charge in [0.25, 0.3) is 0 Å². The minimum Gasteiger partial charge on any atom is -0.464 e. The Morgan fingerprint density at radius 1 is 1.15 bits per heavy atom. The van der Waals surface area contributed by atoms with Gasteiger partial charge >= 0.3 is 5.97 Å². The Morgan fingerprint density at radius 2 is 1.91 bits per heavy atom. The number of hydrogen-bond donors (Lipinski definition) is 1. The smallest absolute Gasteiger partial charge is 0.360 e. The maximum absolute atomic E-state index is 14.4. The Balaban J connectivity index is 1.65. The molecule has 4 rings (SSSR count). The lowest BCUT2D eigenvalue weighted by molar-refractivity contribution is -0.120. The summed E-state index contributed by atoms with van der Waals surface area (Å²) in [6.45, 7) is 1.76. The Morgan fingerprint density at radius 3 is 2.58 bits per heavy atom. The highest BCUT2D eigenvalue weighted by atomic mass is 35.5. The fourth-order valence-electron chi connectivity index (χ4n) is 3.54. The Bertz CT molecular complexity index is 1180. The van der Waals surface area contributed by atoms with Crippen LogP contribution in [-0.2, 0) is 9.53 Å². The topological polar surface area (TPSA) is 87.7 Å². The summed E-state index contributed by atoms with van der Waals surface area (Å²) in [5, 5.41) is 11.2.